The summed E-state index contributed by atoms with van der Waals surface area (Å²) in [5.74, 6) is -0.324. The molecule has 1 aliphatic heterocycles. The van der Waals surface area contributed by atoms with Gasteiger partial charge < -0.3 is 15.5 Å². The lowest BCUT2D eigenvalue weighted by atomic mass is 9.97. The number of halogens is 2. The molecule has 1 saturated heterocycles. The summed E-state index contributed by atoms with van der Waals surface area (Å²) in [6.45, 7) is 2.29. The smallest absolute Gasteiger partial charge is 0.242 e. The maximum Gasteiger partial charge on any atom is 0.242 e. The third-order valence-electron chi connectivity index (χ3n) is 5.30. The molecule has 2 N–H and O–H groups in total. The molecule has 1 aromatic rings. The van der Waals surface area contributed by atoms with Crippen LogP contribution in [0.5, 0.6) is 0 Å². The second-order valence-electron chi connectivity index (χ2n) is 7.20. The molecule has 26 heavy (non-hydrogen) atoms. The summed E-state index contributed by atoms with van der Waals surface area (Å²) in [5.41, 5.74) is 6.26. The number of benzene rings is 1. The highest BCUT2D eigenvalue weighted by Gasteiger charge is 2.40. The van der Waals surface area contributed by atoms with Crippen molar-refractivity contribution in [2.24, 2.45) is 5.73 Å². The lowest BCUT2D eigenvalue weighted by Crippen LogP contribution is -2.54. The predicted octanol–water partition coefficient (Wildman–Crippen LogP) is 2.12. The molecule has 0 spiro atoms. The Hall–Kier alpha value is -1.66. The average molecular weight is 384 g/mol. The van der Waals surface area contributed by atoms with Crippen LogP contribution >= 0.6 is 12.4 Å². The quantitative estimate of drug-likeness (QED) is 0.869. The zero-order chi connectivity index (χ0) is 17.9. The number of rotatable bonds is 3. The van der Waals surface area contributed by atoms with Crippen LogP contribution < -0.4 is 5.73 Å². The summed E-state index contributed by atoms with van der Waals surface area (Å²) in [4.78, 5) is 28.8. The highest BCUT2D eigenvalue weighted by molar-refractivity contribution is 5.86. The van der Waals surface area contributed by atoms with E-state index in [2.05, 4.69) is 0 Å². The van der Waals surface area contributed by atoms with E-state index in [4.69, 9.17) is 5.73 Å². The summed E-state index contributed by atoms with van der Waals surface area (Å²) in [7, 11) is 0. The molecule has 5 nitrogen and oxygen atoms in total. The molecule has 1 saturated carbocycles. The van der Waals surface area contributed by atoms with Gasteiger partial charge in [-0.25, -0.2) is 4.39 Å². The maximum absolute atomic E-state index is 13.3. The van der Waals surface area contributed by atoms with Gasteiger partial charge in [-0.3, -0.25) is 9.59 Å². The van der Waals surface area contributed by atoms with E-state index in [1.807, 2.05) is 4.90 Å². The lowest BCUT2D eigenvalue weighted by molar-refractivity contribution is -0.137. The number of amides is 2. The molecule has 2 fully saturated rings. The van der Waals surface area contributed by atoms with Crippen LogP contribution in [0.2, 0.25) is 0 Å². The normalized spacial score (nSPS) is 19.6. The van der Waals surface area contributed by atoms with E-state index in [0.29, 0.717) is 31.7 Å². The predicted molar refractivity (Wildman–Crippen MR) is 101 cm³/mol. The van der Waals surface area contributed by atoms with E-state index in [1.165, 1.54) is 12.1 Å². The Morgan fingerprint density at radius 2 is 1.69 bits per heavy atom. The number of carbonyl (C=O) groups excluding carboxylic acids is 2. The van der Waals surface area contributed by atoms with Gasteiger partial charge in [-0.05, 0) is 37.0 Å². The second kappa shape index (κ2) is 8.82. The van der Waals surface area contributed by atoms with Crippen LogP contribution in [0.15, 0.2) is 24.3 Å². The van der Waals surface area contributed by atoms with E-state index in [0.717, 1.165) is 32.1 Å². The minimum Gasteiger partial charge on any atom is -0.341 e. The molecular formula is C19H27ClFN3O2. The maximum atomic E-state index is 13.3. The van der Waals surface area contributed by atoms with Gasteiger partial charge in [0.2, 0.25) is 11.8 Å². The molecule has 7 heteroatoms. The molecule has 0 radical (unpaired) electrons. The Balaban J connectivity index is 0.00000243. The van der Waals surface area contributed by atoms with E-state index in [9.17, 15) is 14.0 Å². The Kier molecular flexibility index (Phi) is 7.01. The van der Waals surface area contributed by atoms with E-state index in [1.54, 1.807) is 17.0 Å². The van der Waals surface area contributed by atoms with Crippen molar-refractivity contribution in [3.63, 3.8) is 0 Å². The minimum atomic E-state index is -0.708. The van der Waals surface area contributed by atoms with Crippen molar-refractivity contribution in [2.75, 3.05) is 26.2 Å². The molecule has 3 rings (SSSR count). The van der Waals surface area contributed by atoms with Gasteiger partial charge in [0.05, 0.1) is 12.0 Å². The van der Waals surface area contributed by atoms with Crippen molar-refractivity contribution in [1.82, 2.24) is 9.80 Å². The van der Waals surface area contributed by atoms with Crippen LogP contribution in [-0.4, -0.2) is 53.3 Å². The molecule has 0 atom stereocenters. The Morgan fingerprint density at radius 1 is 1.04 bits per heavy atom. The molecule has 1 aliphatic carbocycles. The lowest BCUT2D eigenvalue weighted by Gasteiger charge is -2.30. The molecule has 1 heterocycles. The van der Waals surface area contributed by atoms with Gasteiger partial charge in [-0.15, -0.1) is 12.4 Å². The van der Waals surface area contributed by atoms with E-state index in [-0.39, 0.29) is 36.5 Å². The molecular weight excluding hydrogens is 357 g/mol. The van der Waals surface area contributed by atoms with Crippen LogP contribution in [-0.2, 0) is 16.0 Å². The zero-order valence-corrected chi connectivity index (χ0v) is 15.8. The largest absolute Gasteiger partial charge is 0.341 e. The number of carbonyl (C=O) groups is 2. The molecule has 1 aromatic carbocycles. The van der Waals surface area contributed by atoms with Crippen molar-refractivity contribution >= 4 is 24.2 Å². The van der Waals surface area contributed by atoms with Crippen LogP contribution in [0, 0.1) is 5.82 Å². The molecule has 0 bridgehead atoms. The second-order valence-corrected chi connectivity index (χ2v) is 7.20. The van der Waals surface area contributed by atoms with Crippen molar-refractivity contribution in [3.05, 3.63) is 35.6 Å². The number of hydrogen-bond acceptors (Lipinski definition) is 3. The van der Waals surface area contributed by atoms with Gasteiger partial charge in [-0.2, -0.15) is 0 Å². The summed E-state index contributed by atoms with van der Waals surface area (Å²) < 4.78 is 13.3. The van der Waals surface area contributed by atoms with Gasteiger partial charge in [0, 0.05) is 26.2 Å². The molecule has 2 aliphatic rings. The number of hydrogen-bond donors (Lipinski definition) is 1. The van der Waals surface area contributed by atoms with Crippen molar-refractivity contribution in [1.29, 1.82) is 0 Å². The molecule has 144 valence electrons. The first-order valence-electron chi connectivity index (χ1n) is 9.08. The Labute approximate surface area is 160 Å². The van der Waals surface area contributed by atoms with Gasteiger partial charge in [0.1, 0.15) is 5.82 Å². The minimum absolute atomic E-state index is 0. The molecule has 0 unspecified atom stereocenters. The number of nitrogens with two attached hydrogens (primary N) is 1. The Bertz CT molecular complexity index is 649. The highest BCUT2D eigenvalue weighted by atomic mass is 35.5. The first kappa shape index (κ1) is 20.6. The summed E-state index contributed by atoms with van der Waals surface area (Å²) >= 11 is 0. The Morgan fingerprint density at radius 3 is 2.38 bits per heavy atom. The van der Waals surface area contributed by atoms with Crippen molar-refractivity contribution in [3.8, 4) is 0 Å². The fraction of sp³-hybridized carbons (Fsp3) is 0.579. The van der Waals surface area contributed by atoms with Crippen LogP contribution in [0.1, 0.15) is 37.7 Å². The van der Waals surface area contributed by atoms with Crippen LogP contribution in [0.25, 0.3) is 0 Å². The topological polar surface area (TPSA) is 66.6 Å². The zero-order valence-electron chi connectivity index (χ0n) is 15.0. The van der Waals surface area contributed by atoms with Crippen molar-refractivity contribution in [2.45, 2.75) is 44.1 Å². The summed E-state index contributed by atoms with van der Waals surface area (Å²) in [6.07, 6.45) is 4.46. The number of nitrogens with zero attached hydrogens (tertiary/aromatic N) is 2. The summed E-state index contributed by atoms with van der Waals surface area (Å²) in [5, 5.41) is 0. The monoisotopic (exact) mass is 383 g/mol. The SMILES string of the molecule is Cl.NC1(C(=O)N2CCCN(C(=O)Cc3cccc(F)c3)CC2)CCCC1. The average Bonchev–Trinajstić information content (AvgIpc) is 2.89. The van der Waals surface area contributed by atoms with Gasteiger partial charge in [0.25, 0.3) is 0 Å². The highest BCUT2D eigenvalue weighted by Crippen LogP contribution is 2.29. The first-order valence-corrected chi connectivity index (χ1v) is 9.08. The van der Waals surface area contributed by atoms with Crippen LogP contribution in [0.4, 0.5) is 4.39 Å². The van der Waals surface area contributed by atoms with E-state index >= 15 is 0 Å². The van der Waals surface area contributed by atoms with Gasteiger partial charge >= 0.3 is 0 Å². The third kappa shape index (κ3) is 4.74. The third-order valence-corrected chi connectivity index (χ3v) is 5.30. The fourth-order valence-corrected chi connectivity index (χ4v) is 3.84. The first-order chi connectivity index (χ1) is 12.0. The molecule has 2 amide bonds. The van der Waals surface area contributed by atoms with Crippen molar-refractivity contribution < 1.29 is 14.0 Å². The standard InChI is InChI=1S/C19H26FN3O2.ClH/c20-16-6-3-5-15(13-16)14-17(24)22-9-4-10-23(12-11-22)18(25)19(21)7-1-2-8-19;/h3,5-6,13H,1-2,4,7-12,14,21H2;1H. The summed E-state index contributed by atoms with van der Waals surface area (Å²) in [6, 6.07) is 6.13. The fourth-order valence-electron chi connectivity index (χ4n) is 3.84. The van der Waals surface area contributed by atoms with Gasteiger partial charge in [-0.1, -0.05) is 25.0 Å². The van der Waals surface area contributed by atoms with Crippen LogP contribution in [0.3, 0.4) is 0 Å². The van der Waals surface area contributed by atoms with E-state index < -0.39 is 5.54 Å². The molecule has 0 aromatic heterocycles. The van der Waals surface area contributed by atoms with Gasteiger partial charge in [0.15, 0.2) is 0 Å².